The number of imidazole rings is 1. The molecule has 0 bridgehead atoms. The van der Waals surface area contributed by atoms with Gasteiger partial charge in [-0.05, 0) is 30.7 Å². The fraction of sp³-hybridized carbons (Fsp3) is 0.182. The van der Waals surface area contributed by atoms with Crippen molar-refractivity contribution >= 4 is 21.6 Å². The summed E-state index contributed by atoms with van der Waals surface area (Å²) in [5.41, 5.74) is 2.32. The van der Waals surface area contributed by atoms with Gasteiger partial charge in [0.05, 0.1) is 6.54 Å². The zero-order valence-corrected chi connectivity index (χ0v) is 10.0. The zero-order valence-electron chi connectivity index (χ0n) is 8.42. The van der Waals surface area contributed by atoms with Gasteiger partial charge in [0.2, 0.25) is 0 Å². The first-order valence-corrected chi connectivity index (χ1v) is 5.52. The van der Waals surface area contributed by atoms with Crippen LogP contribution in [0, 0.1) is 6.92 Å². The highest BCUT2D eigenvalue weighted by molar-refractivity contribution is 9.10. The lowest BCUT2D eigenvalue weighted by molar-refractivity contribution is 0.999. The van der Waals surface area contributed by atoms with Gasteiger partial charge in [0.25, 0.3) is 0 Å². The van der Waals surface area contributed by atoms with Crippen LogP contribution in [0.1, 0.15) is 11.4 Å². The number of hydrogen-bond donors (Lipinski definition) is 2. The summed E-state index contributed by atoms with van der Waals surface area (Å²) in [4.78, 5) is 7.20. The Labute approximate surface area is 97.1 Å². The number of aryl methyl sites for hydroxylation is 1. The van der Waals surface area contributed by atoms with E-state index in [2.05, 4.69) is 56.3 Å². The molecule has 0 atom stereocenters. The van der Waals surface area contributed by atoms with E-state index >= 15 is 0 Å². The maximum atomic E-state index is 4.15. The number of nitrogens with one attached hydrogen (secondary N) is 2. The molecule has 0 saturated heterocycles. The fourth-order valence-corrected chi connectivity index (χ4v) is 2.03. The van der Waals surface area contributed by atoms with Crippen LogP contribution in [-0.2, 0) is 6.54 Å². The molecule has 0 saturated carbocycles. The molecule has 1 aromatic carbocycles. The third-order valence-corrected chi connectivity index (χ3v) is 2.51. The van der Waals surface area contributed by atoms with E-state index in [1.165, 1.54) is 5.56 Å². The first kappa shape index (κ1) is 10.2. The lowest BCUT2D eigenvalue weighted by Gasteiger charge is -2.06. The molecule has 1 aromatic heterocycles. The summed E-state index contributed by atoms with van der Waals surface area (Å²) in [7, 11) is 0. The van der Waals surface area contributed by atoms with Crippen molar-refractivity contribution in [1.82, 2.24) is 9.97 Å². The topological polar surface area (TPSA) is 40.7 Å². The highest BCUT2D eigenvalue weighted by Crippen LogP contribution is 2.19. The maximum Gasteiger partial charge on any atom is 0.125 e. The van der Waals surface area contributed by atoms with Crippen LogP contribution >= 0.6 is 15.9 Å². The standard InChI is InChI=1S/C11H12BrN3/c1-8-4-9(12)6-10(5-8)15-7-11-13-2-3-14-11/h2-6,15H,7H2,1H3,(H,13,14). The van der Waals surface area contributed by atoms with Crippen molar-refractivity contribution in [3.8, 4) is 0 Å². The van der Waals surface area contributed by atoms with E-state index in [1.807, 2.05) is 6.20 Å². The molecule has 0 radical (unpaired) electrons. The van der Waals surface area contributed by atoms with Gasteiger partial charge in [-0.25, -0.2) is 4.98 Å². The molecule has 2 N–H and O–H groups in total. The molecule has 0 amide bonds. The zero-order chi connectivity index (χ0) is 10.7. The number of aromatic amines is 1. The van der Waals surface area contributed by atoms with Crippen molar-refractivity contribution in [3.05, 3.63) is 46.5 Å². The third-order valence-electron chi connectivity index (χ3n) is 2.06. The number of nitrogens with zero attached hydrogens (tertiary/aromatic N) is 1. The molecule has 3 nitrogen and oxygen atoms in total. The van der Waals surface area contributed by atoms with Gasteiger partial charge in [0.15, 0.2) is 0 Å². The van der Waals surface area contributed by atoms with Gasteiger partial charge in [0.1, 0.15) is 5.82 Å². The number of anilines is 1. The van der Waals surface area contributed by atoms with Crippen LogP contribution in [-0.4, -0.2) is 9.97 Å². The van der Waals surface area contributed by atoms with Crippen LogP contribution in [0.25, 0.3) is 0 Å². The third kappa shape index (κ3) is 2.83. The monoisotopic (exact) mass is 265 g/mol. The average Bonchev–Trinajstić information content (AvgIpc) is 2.65. The van der Waals surface area contributed by atoms with E-state index in [9.17, 15) is 0 Å². The van der Waals surface area contributed by atoms with Crippen LogP contribution in [0.5, 0.6) is 0 Å². The fourth-order valence-electron chi connectivity index (χ4n) is 1.42. The minimum absolute atomic E-state index is 0.711. The minimum atomic E-state index is 0.711. The van der Waals surface area contributed by atoms with E-state index in [0.717, 1.165) is 16.0 Å². The van der Waals surface area contributed by atoms with Crippen molar-refractivity contribution in [3.63, 3.8) is 0 Å². The lowest BCUT2D eigenvalue weighted by Crippen LogP contribution is -2.01. The van der Waals surface area contributed by atoms with E-state index in [1.54, 1.807) is 6.20 Å². The Balaban J connectivity index is 2.05. The van der Waals surface area contributed by atoms with Crippen molar-refractivity contribution in [2.75, 3.05) is 5.32 Å². The molecule has 0 fully saturated rings. The molecular weight excluding hydrogens is 254 g/mol. The summed E-state index contributed by atoms with van der Waals surface area (Å²) in [5.74, 6) is 0.938. The lowest BCUT2D eigenvalue weighted by atomic mass is 10.2. The van der Waals surface area contributed by atoms with Crippen LogP contribution in [0.2, 0.25) is 0 Å². The summed E-state index contributed by atoms with van der Waals surface area (Å²) >= 11 is 3.47. The summed E-state index contributed by atoms with van der Waals surface area (Å²) in [6, 6.07) is 6.24. The predicted molar refractivity (Wildman–Crippen MR) is 64.8 cm³/mol. The van der Waals surface area contributed by atoms with E-state index in [4.69, 9.17) is 0 Å². The van der Waals surface area contributed by atoms with Crippen molar-refractivity contribution < 1.29 is 0 Å². The first-order valence-electron chi connectivity index (χ1n) is 4.73. The summed E-state index contributed by atoms with van der Waals surface area (Å²) in [6.45, 7) is 2.78. The molecule has 78 valence electrons. The molecule has 15 heavy (non-hydrogen) atoms. The second-order valence-electron chi connectivity index (χ2n) is 3.41. The highest BCUT2D eigenvalue weighted by Gasteiger charge is 1.97. The molecule has 0 unspecified atom stereocenters. The summed E-state index contributed by atoms with van der Waals surface area (Å²) in [5, 5.41) is 3.30. The Hall–Kier alpha value is -1.29. The van der Waals surface area contributed by atoms with Crippen LogP contribution in [0.15, 0.2) is 35.1 Å². The van der Waals surface area contributed by atoms with Gasteiger partial charge >= 0.3 is 0 Å². The van der Waals surface area contributed by atoms with E-state index in [-0.39, 0.29) is 0 Å². The predicted octanol–water partition coefficient (Wildman–Crippen LogP) is 3.09. The van der Waals surface area contributed by atoms with Gasteiger partial charge in [0, 0.05) is 22.6 Å². The molecule has 4 heteroatoms. The highest BCUT2D eigenvalue weighted by atomic mass is 79.9. The van der Waals surface area contributed by atoms with Crippen LogP contribution in [0.4, 0.5) is 5.69 Å². The van der Waals surface area contributed by atoms with Crippen molar-refractivity contribution in [1.29, 1.82) is 0 Å². The Morgan fingerprint density at radius 3 is 2.93 bits per heavy atom. The Kier molecular flexibility index (Phi) is 3.06. The quantitative estimate of drug-likeness (QED) is 0.896. The number of benzene rings is 1. The van der Waals surface area contributed by atoms with Gasteiger partial charge in [-0.15, -0.1) is 0 Å². The summed E-state index contributed by atoms with van der Waals surface area (Å²) < 4.78 is 1.09. The van der Waals surface area contributed by atoms with E-state index < -0.39 is 0 Å². The molecular formula is C11H12BrN3. The molecule has 0 aliphatic carbocycles. The van der Waals surface area contributed by atoms with Crippen LogP contribution in [0.3, 0.4) is 0 Å². The Morgan fingerprint density at radius 2 is 2.27 bits per heavy atom. The Bertz CT molecular complexity index is 417. The van der Waals surface area contributed by atoms with Crippen LogP contribution < -0.4 is 5.32 Å². The first-order chi connectivity index (χ1) is 7.24. The number of aromatic nitrogens is 2. The normalized spacial score (nSPS) is 10.3. The molecule has 0 spiro atoms. The van der Waals surface area contributed by atoms with Gasteiger partial charge in [-0.2, -0.15) is 0 Å². The van der Waals surface area contributed by atoms with Gasteiger partial charge < -0.3 is 10.3 Å². The van der Waals surface area contributed by atoms with Crippen molar-refractivity contribution in [2.45, 2.75) is 13.5 Å². The smallest absolute Gasteiger partial charge is 0.125 e. The largest absolute Gasteiger partial charge is 0.378 e. The molecule has 2 rings (SSSR count). The number of rotatable bonds is 3. The second kappa shape index (κ2) is 4.49. The Morgan fingerprint density at radius 1 is 1.40 bits per heavy atom. The molecule has 0 aliphatic rings. The average molecular weight is 266 g/mol. The number of H-pyrrole nitrogens is 1. The van der Waals surface area contributed by atoms with Crippen molar-refractivity contribution in [2.24, 2.45) is 0 Å². The summed E-state index contributed by atoms with van der Waals surface area (Å²) in [6.07, 6.45) is 3.58. The molecule has 1 heterocycles. The van der Waals surface area contributed by atoms with E-state index in [0.29, 0.717) is 6.54 Å². The number of hydrogen-bond acceptors (Lipinski definition) is 2. The maximum absolute atomic E-state index is 4.15. The SMILES string of the molecule is Cc1cc(Br)cc(NCc2ncc[nH]2)c1. The minimum Gasteiger partial charge on any atom is -0.378 e. The second-order valence-corrected chi connectivity index (χ2v) is 4.32. The molecule has 2 aromatic rings. The van der Waals surface area contributed by atoms with Gasteiger partial charge in [-0.1, -0.05) is 15.9 Å². The number of halogens is 1. The molecule has 0 aliphatic heterocycles. The van der Waals surface area contributed by atoms with Gasteiger partial charge in [-0.3, -0.25) is 0 Å².